The molecular formula is C10H9BrN2O2S. The van der Waals surface area contributed by atoms with Crippen LogP contribution in [0, 0.1) is 0 Å². The molecule has 0 spiro atoms. The van der Waals surface area contributed by atoms with E-state index < -0.39 is 5.97 Å². The van der Waals surface area contributed by atoms with E-state index in [1.807, 2.05) is 18.2 Å². The van der Waals surface area contributed by atoms with Crippen LogP contribution in [0.2, 0.25) is 0 Å². The van der Waals surface area contributed by atoms with Crippen molar-refractivity contribution >= 4 is 48.6 Å². The Morgan fingerprint density at radius 2 is 2.38 bits per heavy atom. The van der Waals surface area contributed by atoms with E-state index in [1.165, 1.54) is 11.3 Å². The van der Waals surface area contributed by atoms with Gasteiger partial charge in [-0.3, -0.25) is 4.79 Å². The third-order valence-electron chi connectivity index (χ3n) is 2.04. The monoisotopic (exact) mass is 300 g/mol. The van der Waals surface area contributed by atoms with Crippen LogP contribution in [0.1, 0.15) is 0 Å². The number of nitrogens with zero attached hydrogens (tertiary/aromatic N) is 2. The van der Waals surface area contributed by atoms with Crippen molar-refractivity contribution in [3.8, 4) is 0 Å². The Morgan fingerprint density at radius 3 is 3.06 bits per heavy atom. The van der Waals surface area contributed by atoms with Gasteiger partial charge < -0.3 is 10.0 Å². The highest BCUT2D eigenvalue weighted by Gasteiger charge is 2.11. The Bertz CT molecular complexity index is 541. The highest BCUT2D eigenvalue weighted by molar-refractivity contribution is 9.10. The number of aliphatic carboxylic acids is 1. The molecule has 0 aliphatic carbocycles. The van der Waals surface area contributed by atoms with Gasteiger partial charge in [0.15, 0.2) is 5.13 Å². The second-order valence-electron chi connectivity index (χ2n) is 3.36. The fourth-order valence-electron chi connectivity index (χ4n) is 1.32. The molecule has 0 atom stereocenters. The Balaban J connectivity index is 2.35. The summed E-state index contributed by atoms with van der Waals surface area (Å²) in [5.74, 6) is -0.858. The molecule has 1 N–H and O–H groups in total. The van der Waals surface area contributed by atoms with Crippen molar-refractivity contribution in [1.82, 2.24) is 4.98 Å². The molecule has 4 nitrogen and oxygen atoms in total. The van der Waals surface area contributed by atoms with Gasteiger partial charge in [-0.25, -0.2) is 4.98 Å². The summed E-state index contributed by atoms with van der Waals surface area (Å²) >= 11 is 4.87. The average molecular weight is 301 g/mol. The first-order valence-electron chi connectivity index (χ1n) is 4.55. The van der Waals surface area contributed by atoms with E-state index in [0.29, 0.717) is 0 Å². The van der Waals surface area contributed by atoms with Gasteiger partial charge in [0, 0.05) is 11.5 Å². The molecular weight excluding hydrogens is 292 g/mol. The van der Waals surface area contributed by atoms with Crippen LogP contribution in [0.25, 0.3) is 10.2 Å². The number of rotatable bonds is 3. The first-order chi connectivity index (χ1) is 7.56. The van der Waals surface area contributed by atoms with Crippen molar-refractivity contribution in [2.24, 2.45) is 0 Å². The summed E-state index contributed by atoms with van der Waals surface area (Å²) in [6.45, 7) is -0.0407. The lowest BCUT2D eigenvalue weighted by Crippen LogP contribution is -2.24. The minimum absolute atomic E-state index is 0.0407. The molecule has 6 heteroatoms. The Morgan fingerprint density at radius 1 is 1.62 bits per heavy atom. The van der Waals surface area contributed by atoms with E-state index in [1.54, 1.807) is 11.9 Å². The minimum Gasteiger partial charge on any atom is -0.480 e. The largest absolute Gasteiger partial charge is 0.480 e. The number of thiazole rings is 1. The summed E-state index contributed by atoms with van der Waals surface area (Å²) in [5, 5.41) is 9.41. The highest BCUT2D eigenvalue weighted by atomic mass is 79.9. The summed E-state index contributed by atoms with van der Waals surface area (Å²) in [7, 11) is 1.72. The van der Waals surface area contributed by atoms with E-state index in [-0.39, 0.29) is 6.54 Å². The molecule has 0 aliphatic heterocycles. The van der Waals surface area contributed by atoms with Crippen LogP contribution in [-0.4, -0.2) is 29.7 Å². The molecule has 1 heterocycles. The molecule has 0 saturated heterocycles. The van der Waals surface area contributed by atoms with Crippen LogP contribution in [0.5, 0.6) is 0 Å². The second kappa shape index (κ2) is 4.39. The van der Waals surface area contributed by atoms with Gasteiger partial charge in [0.2, 0.25) is 0 Å². The zero-order valence-corrected chi connectivity index (χ0v) is 10.9. The lowest BCUT2D eigenvalue weighted by Gasteiger charge is -2.11. The Kier molecular flexibility index (Phi) is 3.11. The summed E-state index contributed by atoms with van der Waals surface area (Å²) in [4.78, 5) is 16.6. The number of anilines is 1. The molecule has 0 bridgehead atoms. The van der Waals surface area contributed by atoms with Crippen molar-refractivity contribution in [1.29, 1.82) is 0 Å². The number of benzene rings is 1. The molecule has 0 radical (unpaired) electrons. The van der Waals surface area contributed by atoms with Crippen molar-refractivity contribution in [2.45, 2.75) is 0 Å². The molecule has 0 fully saturated rings. The van der Waals surface area contributed by atoms with E-state index in [0.717, 1.165) is 19.8 Å². The topological polar surface area (TPSA) is 53.4 Å². The third kappa shape index (κ3) is 2.33. The maximum Gasteiger partial charge on any atom is 0.323 e. The van der Waals surface area contributed by atoms with Crippen molar-refractivity contribution in [3.63, 3.8) is 0 Å². The van der Waals surface area contributed by atoms with Gasteiger partial charge >= 0.3 is 5.97 Å². The number of carboxylic acids is 1. The van der Waals surface area contributed by atoms with E-state index >= 15 is 0 Å². The van der Waals surface area contributed by atoms with Crippen LogP contribution in [-0.2, 0) is 4.79 Å². The molecule has 0 saturated carbocycles. The Labute approximate surface area is 105 Å². The molecule has 1 aromatic carbocycles. The maximum atomic E-state index is 10.6. The Hall–Kier alpha value is -1.14. The number of likely N-dealkylation sites (N-methyl/N-ethyl adjacent to an activating group) is 1. The van der Waals surface area contributed by atoms with Gasteiger partial charge in [-0.2, -0.15) is 0 Å². The predicted octanol–water partition coefficient (Wildman–Crippen LogP) is 2.58. The SMILES string of the molecule is CN(CC(=O)O)c1nc2ccc(Br)cc2s1. The van der Waals surface area contributed by atoms with Gasteiger partial charge in [0.05, 0.1) is 10.2 Å². The standard InChI is InChI=1S/C10H9BrN2O2S/c1-13(5-9(14)15)10-12-7-3-2-6(11)4-8(7)16-10/h2-4H,5H2,1H3,(H,14,15). The number of hydrogen-bond acceptors (Lipinski definition) is 4. The molecule has 1 aromatic heterocycles. The van der Waals surface area contributed by atoms with Crippen LogP contribution in [0.15, 0.2) is 22.7 Å². The van der Waals surface area contributed by atoms with Gasteiger partial charge in [0.1, 0.15) is 6.54 Å². The normalized spacial score (nSPS) is 10.6. The number of hydrogen-bond donors (Lipinski definition) is 1. The van der Waals surface area contributed by atoms with Crippen LogP contribution in [0.4, 0.5) is 5.13 Å². The molecule has 0 unspecified atom stereocenters. The fourth-order valence-corrected chi connectivity index (χ4v) is 2.80. The van der Waals surface area contributed by atoms with Crippen molar-refractivity contribution < 1.29 is 9.90 Å². The predicted molar refractivity (Wildman–Crippen MR) is 68.2 cm³/mol. The van der Waals surface area contributed by atoms with Gasteiger partial charge in [-0.1, -0.05) is 27.3 Å². The molecule has 0 aliphatic rings. The van der Waals surface area contributed by atoms with Gasteiger partial charge in [-0.05, 0) is 18.2 Å². The minimum atomic E-state index is -0.858. The van der Waals surface area contributed by atoms with Crippen molar-refractivity contribution in [2.75, 3.05) is 18.5 Å². The molecule has 2 rings (SSSR count). The lowest BCUT2D eigenvalue weighted by atomic mass is 10.3. The summed E-state index contributed by atoms with van der Waals surface area (Å²) in [6.07, 6.45) is 0. The molecule has 2 aromatic rings. The van der Waals surface area contributed by atoms with Crippen LogP contribution >= 0.6 is 27.3 Å². The zero-order valence-electron chi connectivity index (χ0n) is 8.48. The zero-order chi connectivity index (χ0) is 11.7. The average Bonchev–Trinajstić information content (AvgIpc) is 2.59. The summed E-state index contributed by atoms with van der Waals surface area (Å²) in [6, 6.07) is 5.81. The van der Waals surface area contributed by atoms with Crippen molar-refractivity contribution in [3.05, 3.63) is 22.7 Å². The fraction of sp³-hybridized carbons (Fsp3) is 0.200. The first kappa shape index (κ1) is 11.3. The molecule has 0 amide bonds. The number of aromatic nitrogens is 1. The lowest BCUT2D eigenvalue weighted by molar-refractivity contribution is -0.135. The highest BCUT2D eigenvalue weighted by Crippen LogP contribution is 2.29. The van der Waals surface area contributed by atoms with E-state index in [4.69, 9.17) is 5.11 Å². The smallest absolute Gasteiger partial charge is 0.323 e. The summed E-state index contributed by atoms with van der Waals surface area (Å²) in [5.41, 5.74) is 0.889. The third-order valence-corrected chi connectivity index (χ3v) is 3.66. The maximum absolute atomic E-state index is 10.6. The number of carboxylic acid groups (broad SMARTS) is 1. The van der Waals surface area contributed by atoms with E-state index in [9.17, 15) is 4.79 Å². The number of fused-ring (bicyclic) bond motifs is 1. The summed E-state index contributed by atoms with van der Waals surface area (Å²) < 4.78 is 2.04. The number of carbonyl (C=O) groups is 1. The van der Waals surface area contributed by atoms with Crippen LogP contribution < -0.4 is 4.90 Å². The first-order valence-corrected chi connectivity index (χ1v) is 6.16. The number of halogens is 1. The van der Waals surface area contributed by atoms with Gasteiger partial charge in [0.25, 0.3) is 0 Å². The second-order valence-corrected chi connectivity index (χ2v) is 5.28. The quantitative estimate of drug-likeness (QED) is 0.946. The molecule has 16 heavy (non-hydrogen) atoms. The van der Waals surface area contributed by atoms with Crippen LogP contribution in [0.3, 0.4) is 0 Å². The van der Waals surface area contributed by atoms with E-state index in [2.05, 4.69) is 20.9 Å². The van der Waals surface area contributed by atoms with Gasteiger partial charge in [-0.15, -0.1) is 0 Å². The molecule has 84 valence electrons.